The highest BCUT2D eigenvalue weighted by molar-refractivity contribution is 6.26. The van der Waals surface area contributed by atoms with E-state index in [1.54, 1.807) is 0 Å². The highest BCUT2D eigenvalue weighted by Gasteiger charge is 2.26. The van der Waals surface area contributed by atoms with Gasteiger partial charge in [-0.25, -0.2) is 15.0 Å². The molecule has 1 atom stereocenters. The minimum absolute atomic E-state index is 0.371. The summed E-state index contributed by atoms with van der Waals surface area (Å²) in [5.41, 5.74) is 6.36. The number of aliphatic imine (C=N–C) groups is 2. The maximum absolute atomic E-state index is 5.15. The molecule has 7 aromatic rings. The summed E-state index contributed by atoms with van der Waals surface area (Å²) in [7, 11) is 0. The zero-order valence-corrected chi connectivity index (χ0v) is 19.2. The largest absolute Gasteiger partial charge is 0.331 e. The third-order valence-corrected chi connectivity index (χ3v) is 7.03. The summed E-state index contributed by atoms with van der Waals surface area (Å²) in [4.78, 5) is 14.8. The van der Waals surface area contributed by atoms with E-state index in [4.69, 9.17) is 9.98 Å². The molecule has 0 spiro atoms. The van der Waals surface area contributed by atoms with Crippen molar-refractivity contribution in [2.45, 2.75) is 6.29 Å². The molecule has 6 nitrogen and oxygen atoms in total. The lowest BCUT2D eigenvalue weighted by molar-refractivity contribution is 0.516. The summed E-state index contributed by atoms with van der Waals surface area (Å²) in [6.07, 6.45) is 3.53. The second-order valence-corrected chi connectivity index (χ2v) is 9.02. The van der Waals surface area contributed by atoms with Crippen LogP contribution in [0.4, 0.5) is 0 Å². The zero-order valence-electron chi connectivity index (χ0n) is 19.2. The number of aromatic nitrogens is 3. The lowest BCUT2D eigenvalue weighted by atomic mass is 10.1. The van der Waals surface area contributed by atoms with Crippen molar-refractivity contribution in [3.8, 4) is 0 Å². The fourth-order valence-corrected chi connectivity index (χ4v) is 5.50. The fourth-order valence-electron chi connectivity index (χ4n) is 5.50. The van der Waals surface area contributed by atoms with Gasteiger partial charge < -0.3 is 9.88 Å². The van der Waals surface area contributed by atoms with E-state index in [0.29, 0.717) is 5.84 Å². The Balaban J connectivity index is 1.43. The van der Waals surface area contributed by atoms with Crippen LogP contribution in [0.1, 0.15) is 17.4 Å². The van der Waals surface area contributed by atoms with Gasteiger partial charge in [-0.2, -0.15) is 0 Å². The summed E-state index contributed by atoms with van der Waals surface area (Å²) < 4.78 is 4.48. The van der Waals surface area contributed by atoms with Crippen LogP contribution in [0.3, 0.4) is 0 Å². The minimum Gasteiger partial charge on any atom is -0.331 e. The molecule has 6 heteroatoms. The number of hydrogen-bond acceptors (Lipinski definition) is 4. The Hall–Kier alpha value is -4.97. The molecule has 36 heavy (non-hydrogen) atoms. The van der Waals surface area contributed by atoms with Crippen LogP contribution in [0.5, 0.6) is 0 Å². The summed E-state index contributed by atoms with van der Waals surface area (Å²) in [6, 6.07) is 33.3. The topological polar surface area (TPSA) is 59.0 Å². The molecule has 0 saturated heterocycles. The van der Waals surface area contributed by atoms with Gasteiger partial charge in [0.15, 0.2) is 5.84 Å². The Kier molecular flexibility index (Phi) is 3.90. The Labute approximate surface area is 206 Å². The predicted octanol–water partition coefficient (Wildman–Crippen LogP) is 5.99. The van der Waals surface area contributed by atoms with Crippen LogP contribution in [0.15, 0.2) is 119 Å². The molecule has 4 aromatic carbocycles. The van der Waals surface area contributed by atoms with E-state index in [2.05, 4.69) is 79.9 Å². The number of nitrogens with one attached hydrogen (secondary N) is 1. The number of rotatable bonds is 3. The third-order valence-electron chi connectivity index (χ3n) is 7.03. The molecule has 1 aliphatic heterocycles. The van der Waals surface area contributed by atoms with Crippen LogP contribution in [0.25, 0.3) is 38.4 Å². The molecular formula is C30H20N6. The average Bonchev–Trinajstić information content (AvgIpc) is 3.58. The van der Waals surface area contributed by atoms with Gasteiger partial charge in [-0.15, -0.1) is 0 Å². The van der Waals surface area contributed by atoms with Gasteiger partial charge in [-0.3, -0.25) is 4.40 Å². The number of benzene rings is 4. The molecular weight excluding hydrogens is 444 g/mol. The lowest BCUT2D eigenvalue weighted by Crippen LogP contribution is -2.36. The van der Waals surface area contributed by atoms with Crippen molar-refractivity contribution in [1.82, 2.24) is 19.3 Å². The molecule has 4 heterocycles. The number of imidazole rings is 1. The first-order chi connectivity index (χ1) is 17.9. The van der Waals surface area contributed by atoms with Crippen LogP contribution in [0.2, 0.25) is 0 Å². The number of hydrogen-bond donors (Lipinski definition) is 1. The van der Waals surface area contributed by atoms with E-state index < -0.39 is 0 Å². The molecule has 0 amide bonds. The average molecular weight is 465 g/mol. The van der Waals surface area contributed by atoms with Crippen molar-refractivity contribution < 1.29 is 0 Å². The molecule has 170 valence electrons. The van der Waals surface area contributed by atoms with Crippen molar-refractivity contribution in [2.75, 3.05) is 0 Å². The Bertz CT molecular complexity index is 1880. The SMILES string of the molecule is c1ccc(C2=NC(n3c4cccc5c4c4c3cccc4n3ccnc53)NC(c3ccccc3)=N2)cc1. The Morgan fingerprint density at radius 2 is 1.36 bits per heavy atom. The molecule has 1 N–H and O–H groups in total. The van der Waals surface area contributed by atoms with Gasteiger partial charge in [0.2, 0.25) is 6.29 Å². The molecule has 1 unspecified atom stereocenters. The van der Waals surface area contributed by atoms with E-state index in [1.807, 2.05) is 48.8 Å². The maximum atomic E-state index is 5.15. The van der Waals surface area contributed by atoms with Crippen LogP contribution in [0, 0.1) is 0 Å². The molecule has 1 aliphatic rings. The molecule has 3 aromatic heterocycles. The standard InChI is InChI=1S/C30H20N6/c1-3-9-19(10-4-1)27-32-28(20-11-5-2-6-12-20)34-30(33-27)36-23-15-7-13-21-25(23)26-22(14-8-16-24(26)36)35-18-17-31-29(21)35/h1-18,30H,(H,32,33,34). The third kappa shape index (κ3) is 2.64. The van der Waals surface area contributed by atoms with Gasteiger partial charge in [-0.1, -0.05) is 78.9 Å². The first-order valence-electron chi connectivity index (χ1n) is 12.0. The van der Waals surface area contributed by atoms with E-state index in [0.717, 1.165) is 44.5 Å². The molecule has 0 bridgehead atoms. The summed E-state index contributed by atoms with van der Waals surface area (Å²) >= 11 is 0. The monoisotopic (exact) mass is 464 g/mol. The zero-order chi connectivity index (χ0) is 23.6. The molecule has 0 aliphatic carbocycles. The van der Waals surface area contributed by atoms with Gasteiger partial charge >= 0.3 is 0 Å². The van der Waals surface area contributed by atoms with Crippen molar-refractivity contribution >= 4 is 50.0 Å². The fraction of sp³-hybridized carbons (Fsp3) is 0.0333. The molecule has 8 rings (SSSR count). The summed E-state index contributed by atoms with van der Waals surface area (Å²) in [5.74, 6) is 1.52. The smallest absolute Gasteiger partial charge is 0.204 e. The number of amidine groups is 2. The van der Waals surface area contributed by atoms with E-state index in [9.17, 15) is 0 Å². The Morgan fingerprint density at radius 1 is 0.667 bits per heavy atom. The number of nitrogens with zero attached hydrogens (tertiary/aromatic N) is 5. The van der Waals surface area contributed by atoms with Crippen molar-refractivity contribution in [2.24, 2.45) is 9.98 Å². The van der Waals surface area contributed by atoms with E-state index in [-0.39, 0.29) is 6.29 Å². The number of fused-ring (bicyclic) bond motifs is 3. The van der Waals surface area contributed by atoms with Crippen LogP contribution < -0.4 is 5.32 Å². The van der Waals surface area contributed by atoms with Crippen LogP contribution in [-0.4, -0.2) is 25.6 Å². The highest BCUT2D eigenvalue weighted by Crippen LogP contribution is 2.40. The summed E-state index contributed by atoms with van der Waals surface area (Å²) in [5, 5.41) is 7.20. The van der Waals surface area contributed by atoms with Gasteiger partial charge in [0, 0.05) is 39.7 Å². The minimum atomic E-state index is -0.371. The van der Waals surface area contributed by atoms with E-state index in [1.165, 1.54) is 10.8 Å². The Morgan fingerprint density at radius 3 is 2.17 bits per heavy atom. The maximum Gasteiger partial charge on any atom is 0.204 e. The van der Waals surface area contributed by atoms with E-state index >= 15 is 0 Å². The predicted molar refractivity (Wildman–Crippen MR) is 145 cm³/mol. The highest BCUT2D eigenvalue weighted by atomic mass is 15.3. The second kappa shape index (κ2) is 7.26. The van der Waals surface area contributed by atoms with Gasteiger partial charge in [0.05, 0.1) is 16.6 Å². The van der Waals surface area contributed by atoms with Crippen molar-refractivity contribution in [3.05, 3.63) is 121 Å². The first-order valence-corrected chi connectivity index (χ1v) is 12.0. The van der Waals surface area contributed by atoms with Gasteiger partial charge in [-0.05, 0) is 18.2 Å². The van der Waals surface area contributed by atoms with Crippen molar-refractivity contribution in [3.63, 3.8) is 0 Å². The van der Waals surface area contributed by atoms with Crippen LogP contribution >= 0.6 is 0 Å². The molecule has 0 radical (unpaired) electrons. The quantitative estimate of drug-likeness (QED) is 0.327. The lowest BCUT2D eigenvalue weighted by Gasteiger charge is -2.25. The molecule has 0 fully saturated rings. The second-order valence-electron chi connectivity index (χ2n) is 9.02. The summed E-state index contributed by atoms with van der Waals surface area (Å²) in [6.45, 7) is 0. The normalized spacial score (nSPS) is 16.1. The van der Waals surface area contributed by atoms with Gasteiger partial charge in [0.25, 0.3) is 0 Å². The number of pyridine rings is 1. The van der Waals surface area contributed by atoms with Crippen LogP contribution in [-0.2, 0) is 0 Å². The van der Waals surface area contributed by atoms with Gasteiger partial charge in [0.1, 0.15) is 11.5 Å². The van der Waals surface area contributed by atoms with Crippen molar-refractivity contribution in [1.29, 1.82) is 0 Å². The molecule has 0 saturated carbocycles. The first kappa shape index (κ1) is 19.3.